The molecule has 22 heavy (non-hydrogen) atoms. The molecule has 0 saturated carbocycles. The maximum absolute atomic E-state index is 9.50. The highest BCUT2D eigenvalue weighted by Gasteiger charge is 2.24. The molecular formula is C18H20N4. The summed E-state index contributed by atoms with van der Waals surface area (Å²) < 4.78 is 0. The lowest BCUT2D eigenvalue weighted by molar-refractivity contribution is 0.109. The molecule has 1 unspecified atom stereocenters. The second-order valence-electron chi connectivity index (χ2n) is 5.62. The number of nitrogens with zero attached hydrogens (tertiary/aromatic N) is 4. The fourth-order valence-electron chi connectivity index (χ4n) is 2.93. The first-order valence-electron chi connectivity index (χ1n) is 7.66. The number of aromatic nitrogens is 1. The van der Waals surface area contributed by atoms with Gasteiger partial charge in [0.25, 0.3) is 0 Å². The molecule has 4 heteroatoms. The molecule has 0 amide bonds. The van der Waals surface area contributed by atoms with Crippen molar-refractivity contribution in [2.45, 2.75) is 12.6 Å². The topological polar surface area (TPSA) is 43.2 Å². The molecule has 1 aliphatic rings. The van der Waals surface area contributed by atoms with Crippen molar-refractivity contribution < 1.29 is 0 Å². The van der Waals surface area contributed by atoms with Crippen LogP contribution >= 0.6 is 0 Å². The number of nitriles is 1. The summed E-state index contributed by atoms with van der Waals surface area (Å²) in [6.45, 7) is 4.80. The average molecular weight is 292 g/mol. The first-order chi connectivity index (χ1) is 10.9. The van der Waals surface area contributed by atoms with Gasteiger partial charge in [-0.15, -0.1) is 0 Å². The molecule has 4 nitrogen and oxygen atoms in total. The average Bonchev–Trinajstić information content (AvgIpc) is 2.59. The van der Waals surface area contributed by atoms with Crippen molar-refractivity contribution in [1.82, 2.24) is 14.8 Å². The highest BCUT2D eigenvalue weighted by atomic mass is 15.3. The highest BCUT2D eigenvalue weighted by molar-refractivity contribution is 5.21. The van der Waals surface area contributed by atoms with E-state index >= 15 is 0 Å². The lowest BCUT2D eigenvalue weighted by Gasteiger charge is -2.36. The van der Waals surface area contributed by atoms with Crippen LogP contribution in [0.4, 0.5) is 0 Å². The molecular weight excluding hydrogens is 272 g/mol. The zero-order valence-corrected chi connectivity index (χ0v) is 12.6. The summed E-state index contributed by atoms with van der Waals surface area (Å²) >= 11 is 0. The third kappa shape index (κ3) is 3.51. The Morgan fingerprint density at radius 2 is 1.82 bits per heavy atom. The van der Waals surface area contributed by atoms with Crippen LogP contribution in [0, 0.1) is 11.3 Å². The Morgan fingerprint density at radius 1 is 1.05 bits per heavy atom. The maximum Gasteiger partial charge on any atom is 0.125 e. The van der Waals surface area contributed by atoms with E-state index in [1.165, 1.54) is 5.56 Å². The van der Waals surface area contributed by atoms with Crippen LogP contribution in [-0.2, 0) is 6.54 Å². The van der Waals surface area contributed by atoms with Crippen molar-refractivity contribution in [3.05, 3.63) is 66.0 Å². The standard InChI is InChI=1S/C18H20N4/c19-13-18(17-7-4-8-20-14-17)22-11-9-21(10-12-22)15-16-5-2-1-3-6-16/h1-8,14,18H,9-12,15H2. The van der Waals surface area contributed by atoms with Crippen LogP contribution in [0.5, 0.6) is 0 Å². The molecule has 2 aromatic rings. The van der Waals surface area contributed by atoms with E-state index in [9.17, 15) is 5.26 Å². The number of piperazine rings is 1. The fourth-order valence-corrected chi connectivity index (χ4v) is 2.93. The Morgan fingerprint density at radius 3 is 2.45 bits per heavy atom. The second-order valence-corrected chi connectivity index (χ2v) is 5.62. The van der Waals surface area contributed by atoms with Gasteiger partial charge < -0.3 is 0 Å². The Kier molecular flexibility index (Phi) is 4.79. The van der Waals surface area contributed by atoms with Gasteiger partial charge in [-0.05, 0) is 11.6 Å². The van der Waals surface area contributed by atoms with E-state index in [1.807, 2.05) is 18.2 Å². The van der Waals surface area contributed by atoms with Crippen molar-refractivity contribution in [3.8, 4) is 6.07 Å². The predicted octanol–water partition coefficient (Wildman–Crippen LogP) is 2.46. The third-order valence-electron chi connectivity index (χ3n) is 4.14. The van der Waals surface area contributed by atoms with Crippen LogP contribution in [0.2, 0.25) is 0 Å². The number of rotatable bonds is 4. The van der Waals surface area contributed by atoms with Crippen molar-refractivity contribution >= 4 is 0 Å². The zero-order valence-electron chi connectivity index (χ0n) is 12.6. The minimum Gasteiger partial charge on any atom is -0.297 e. The zero-order chi connectivity index (χ0) is 15.2. The molecule has 1 aromatic heterocycles. The van der Waals surface area contributed by atoms with E-state index in [-0.39, 0.29) is 6.04 Å². The summed E-state index contributed by atoms with van der Waals surface area (Å²) in [6.07, 6.45) is 3.54. The van der Waals surface area contributed by atoms with Gasteiger partial charge >= 0.3 is 0 Å². The predicted molar refractivity (Wildman–Crippen MR) is 85.9 cm³/mol. The molecule has 1 atom stereocenters. The highest BCUT2D eigenvalue weighted by Crippen LogP contribution is 2.21. The van der Waals surface area contributed by atoms with E-state index < -0.39 is 0 Å². The van der Waals surface area contributed by atoms with E-state index in [2.05, 4.69) is 45.1 Å². The molecule has 3 rings (SSSR count). The number of hydrogen-bond acceptors (Lipinski definition) is 4. The van der Waals surface area contributed by atoms with Crippen molar-refractivity contribution in [3.63, 3.8) is 0 Å². The molecule has 1 saturated heterocycles. The van der Waals surface area contributed by atoms with Gasteiger partial charge in [0.15, 0.2) is 0 Å². The lowest BCUT2D eigenvalue weighted by Crippen LogP contribution is -2.46. The molecule has 0 N–H and O–H groups in total. The van der Waals surface area contributed by atoms with E-state index in [4.69, 9.17) is 0 Å². The number of pyridine rings is 1. The van der Waals surface area contributed by atoms with Gasteiger partial charge in [0.05, 0.1) is 6.07 Å². The molecule has 1 aliphatic heterocycles. The van der Waals surface area contributed by atoms with Gasteiger partial charge in [-0.2, -0.15) is 5.26 Å². The lowest BCUT2D eigenvalue weighted by atomic mass is 10.1. The van der Waals surface area contributed by atoms with Crippen molar-refractivity contribution in [2.24, 2.45) is 0 Å². The summed E-state index contributed by atoms with van der Waals surface area (Å²) in [5.41, 5.74) is 2.33. The molecule has 0 bridgehead atoms. The SMILES string of the molecule is N#CC(c1cccnc1)N1CCN(Cc2ccccc2)CC1. The van der Waals surface area contributed by atoms with Gasteiger partial charge in [0.2, 0.25) is 0 Å². The molecule has 2 heterocycles. The molecule has 1 aromatic carbocycles. The summed E-state index contributed by atoms with van der Waals surface area (Å²) in [6, 6.07) is 16.7. The molecule has 1 fully saturated rings. The second kappa shape index (κ2) is 7.17. The van der Waals surface area contributed by atoms with Crippen LogP contribution in [0.25, 0.3) is 0 Å². The van der Waals surface area contributed by atoms with Gasteiger partial charge in [-0.3, -0.25) is 14.8 Å². The molecule has 0 spiro atoms. The minimum absolute atomic E-state index is 0.187. The van der Waals surface area contributed by atoms with Gasteiger partial charge in [0.1, 0.15) is 6.04 Å². The van der Waals surface area contributed by atoms with Crippen LogP contribution in [-0.4, -0.2) is 41.0 Å². The van der Waals surface area contributed by atoms with E-state index in [0.717, 1.165) is 38.3 Å². The summed E-state index contributed by atoms with van der Waals surface area (Å²) in [5.74, 6) is 0. The number of benzene rings is 1. The minimum atomic E-state index is -0.187. The van der Waals surface area contributed by atoms with Gasteiger partial charge in [-0.1, -0.05) is 36.4 Å². The first kappa shape index (κ1) is 14.7. The summed E-state index contributed by atoms with van der Waals surface area (Å²) in [5, 5.41) is 9.50. The van der Waals surface area contributed by atoms with Crippen molar-refractivity contribution in [2.75, 3.05) is 26.2 Å². The van der Waals surface area contributed by atoms with Crippen molar-refractivity contribution in [1.29, 1.82) is 5.26 Å². The monoisotopic (exact) mass is 292 g/mol. The smallest absolute Gasteiger partial charge is 0.125 e. The van der Waals surface area contributed by atoms with E-state index in [1.54, 1.807) is 12.4 Å². The summed E-state index contributed by atoms with van der Waals surface area (Å²) in [4.78, 5) is 8.83. The molecule has 112 valence electrons. The Balaban J connectivity index is 1.58. The maximum atomic E-state index is 9.50. The largest absolute Gasteiger partial charge is 0.297 e. The van der Waals surface area contributed by atoms with Gasteiger partial charge in [-0.25, -0.2) is 0 Å². The first-order valence-corrected chi connectivity index (χ1v) is 7.66. The van der Waals surface area contributed by atoms with Crippen LogP contribution < -0.4 is 0 Å². The van der Waals surface area contributed by atoms with Crippen LogP contribution in [0.15, 0.2) is 54.9 Å². The Hall–Kier alpha value is -2.22. The quantitative estimate of drug-likeness (QED) is 0.868. The van der Waals surface area contributed by atoms with Crippen LogP contribution in [0.1, 0.15) is 17.2 Å². The van der Waals surface area contributed by atoms with Crippen LogP contribution in [0.3, 0.4) is 0 Å². The Labute approximate surface area is 131 Å². The Bertz CT molecular complexity index is 613. The normalized spacial score (nSPS) is 17.8. The van der Waals surface area contributed by atoms with E-state index in [0.29, 0.717) is 0 Å². The fraction of sp³-hybridized carbons (Fsp3) is 0.333. The summed E-state index contributed by atoms with van der Waals surface area (Å²) in [7, 11) is 0. The molecule has 0 radical (unpaired) electrons. The number of hydrogen-bond donors (Lipinski definition) is 0. The van der Waals surface area contributed by atoms with Gasteiger partial charge in [0, 0.05) is 50.7 Å². The third-order valence-corrected chi connectivity index (χ3v) is 4.14. The molecule has 0 aliphatic carbocycles.